The molecule has 6 nitrogen and oxygen atoms in total. The van der Waals surface area contributed by atoms with Crippen molar-refractivity contribution in [1.82, 2.24) is 0 Å². The third-order valence-electron chi connectivity index (χ3n) is 5.85. The van der Waals surface area contributed by atoms with Gasteiger partial charge in [0.2, 0.25) is 0 Å². The number of hydrogen-bond acceptors (Lipinski definition) is 5. The van der Waals surface area contributed by atoms with E-state index in [1.807, 2.05) is 26.0 Å². The number of nitrogens with zero attached hydrogens (tertiary/aromatic N) is 1. The highest BCUT2D eigenvalue weighted by Crippen LogP contribution is 2.43. The van der Waals surface area contributed by atoms with Gasteiger partial charge in [0.15, 0.2) is 0 Å². The fourth-order valence-corrected chi connectivity index (χ4v) is 4.46. The number of Topliss-reactive ketones (excluding diaryl/α,β-unsaturated/α-hetero) is 1. The van der Waals surface area contributed by atoms with E-state index in [1.165, 1.54) is 24.1 Å². The van der Waals surface area contributed by atoms with Crippen LogP contribution < -0.4 is 9.64 Å². The van der Waals surface area contributed by atoms with Crippen LogP contribution in [0.15, 0.2) is 70.7 Å². The number of anilines is 1. The largest absolute Gasteiger partial charge is 0.508 e. The smallest absolute Gasteiger partial charge is 0.300 e. The summed E-state index contributed by atoms with van der Waals surface area (Å²) >= 11 is 3.39. The lowest BCUT2D eigenvalue weighted by molar-refractivity contribution is -0.132. The van der Waals surface area contributed by atoms with E-state index >= 15 is 0 Å². The predicted octanol–water partition coefficient (Wildman–Crippen LogP) is 5.41. The molecule has 1 aliphatic rings. The maximum Gasteiger partial charge on any atom is 0.300 e. The molecule has 7 heteroatoms. The van der Waals surface area contributed by atoms with E-state index in [-0.39, 0.29) is 17.1 Å². The normalized spacial score (nSPS) is 17.5. The number of ketones is 1. The van der Waals surface area contributed by atoms with Crippen molar-refractivity contribution >= 4 is 39.1 Å². The summed E-state index contributed by atoms with van der Waals surface area (Å²) in [5.41, 5.74) is 3.50. The Kier molecular flexibility index (Phi) is 5.99. The maximum absolute atomic E-state index is 13.2. The van der Waals surface area contributed by atoms with Crippen LogP contribution >= 0.6 is 15.9 Å². The van der Waals surface area contributed by atoms with Crippen LogP contribution in [0.3, 0.4) is 0 Å². The first-order valence-electron chi connectivity index (χ1n) is 10.2. The number of aromatic hydroxyl groups is 1. The van der Waals surface area contributed by atoms with E-state index in [4.69, 9.17) is 4.74 Å². The number of carbonyl (C=O) groups is 2. The van der Waals surface area contributed by atoms with Gasteiger partial charge in [0.05, 0.1) is 23.2 Å². The minimum Gasteiger partial charge on any atom is -0.508 e. The maximum atomic E-state index is 13.2. The number of carbonyl (C=O) groups excluding carboxylic acids is 2. The Morgan fingerprint density at radius 2 is 1.67 bits per heavy atom. The van der Waals surface area contributed by atoms with Crippen molar-refractivity contribution in [3.05, 3.63) is 93.0 Å². The predicted molar refractivity (Wildman–Crippen MR) is 129 cm³/mol. The van der Waals surface area contributed by atoms with E-state index in [0.717, 1.165) is 11.1 Å². The number of phenols is 1. The summed E-state index contributed by atoms with van der Waals surface area (Å²) in [6, 6.07) is 15.8. The van der Waals surface area contributed by atoms with Crippen LogP contribution in [0.1, 0.15) is 28.3 Å². The lowest BCUT2D eigenvalue weighted by Crippen LogP contribution is -2.29. The second kappa shape index (κ2) is 8.75. The van der Waals surface area contributed by atoms with Crippen molar-refractivity contribution in [2.75, 3.05) is 12.0 Å². The molecule has 1 fully saturated rings. The first kappa shape index (κ1) is 22.6. The fourth-order valence-electron chi connectivity index (χ4n) is 3.92. The zero-order valence-corrected chi connectivity index (χ0v) is 19.9. The number of rotatable bonds is 4. The minimum atomic E-state index is -0.867. The molecule has 1 unspecified atom stereocenters. The molecule has 33 heavy (non-hydrogen) atoms. The van der Waals surface area contributed by atoms with Crippen LogP contribution in [0.2, 0.25) is 0 Å². The number of phenolic OH excluding ortho intramolecular Hbond substituents is 1. The summed E-state index contributed by atoms with van der Waals surface area (Å²) in [6.45, 7) is 3.89. The van der Waals surface area contributed by atoms with E-state index < -0.39 is 17.7 Å². The Morgan fingerprint density at radius 3 is 2.27 bits per heavy atom. The van der Waals surface area contributed by atoms with E-state index in [1.54, 1.807) is 36.4 Å². The Balaban J connectivity index is 1.94. The molecule has 0 aliphatic carbocycles. The number of halogens is 1. The highest BCUT2D eigenvalue weighted by atomic mass is 79.9. The molecule has 1 aliphatic heterocycles. The van der Waals surface area contributed by atoms with E-state index in [0.29, 0.717) is 27.0 Å². The number of benzene rings is 3. The van der Waals surface area contributed by atoms with E-state index in [2.05, 4.69) is 15.9 Å². The number of hydrogen-bond donors (Lipinski definition) is 2. The molecule has 0 spiro atoms. The third kappa shape index (κ3) is 4.00. The van der Waals surface area contributed by atoms with Crippen molar-refractivity contribution in [3.8, 4) is 11.5 Å². The van der Waals surface area contributed by atoms with Gasteiger partial charge in [0, 0.05) is 11.3 Å². The number of aliphatic hydroxyl groups excluding tert-OH is 1. The highest BCUT2D eigenvalue weighted by molar-refractivity contribution is 9.10. The second-order valence-corrected chi connectivity index (χ2v) is 8.73. The minimum absolute atomic E-state index is 0.0269. The first-order valence-corrected chi connectivity index (χ1v) is 11.0. The van der Waals surface area contributed by atoms with Gasteiger partial charge in [-0.25, -0.2) is 0 Å². The fraction of sp³-hybridized carbons (Fsp3) is 0.154. The van der Waals surface area contributed by atoms with Crippen molar-refractivity contribution in [3.63, 3.8) is 0 Å². The van der Waals surface area contributed by atoms with Crippen LogP contribution in [0.5, 0.6) is 11.5 Å². The molecule has 1 heterocycles. The Morgan fingerprint density at radius 1 is 0.970 bits per heavy atom. The Hall–Kier alpha value is -3.58. The van der Waals surface area contributed by atoms with Crippen molar-refractivity contribution in [2.45, 2.75) is 19.9 Å². The second-order valence-electron chi connectivity index (χ2n) is 7.88. The van der Waals surface area contributed by atoms with Gasteiger partial charge in [0.25, 0.3) is 11.7 Å². The summed E-state index contributed by atoms with van der Waals surface area (Å²) in [6.07, 6.45) is 0. The van der Waals surface area contributed by atoms with Gasteiger partial charge < -0.3 is 14.9 Å². The van der Waals surface area contributed by atoms with Gasteiger partial charge >= 0.3 is 0 Å². The highest BCUT2D eigenvalue weighted by Gasteiger charge is 2.47. The molecule has 1 amide bonds. The Labute approximate surface area is 199 Å². The summed E-state index contributed by atoms with van der Waals surface area (Å²) < 4.78 is 5.84. The molecule has 3 aromatic rings. The van der Waals surface area contributed by atoms with Crippen molar-refractivity contribution in [2.24, 2.45) is 0 Å². The number of amides is 1. The van der Waals surface area contributed by atoms with Gasteiger partial charge in [-0.3, -0.25) is 14.5 Å². The standard InChI is InChI=1S/C26H22BrNO5/c1-14-4-8-18(12-15(14)2)28-23(16-5-9-19(29)10-6-16)22(25(31)26(28)32)24(30)17-7-11-21(33-3)20(27)13-17/h4-13,23,29-30H,1-3H3/b24-22+. The molecule has 0 saturated carbocycles. The summed E-state index contributed by atoms with van der Waals surface area (Å²) in [7, 11) is 1.53. The van der Waals surface area contributed by atoms with Crippen LogP contribution in [0, 0.1) is 13.8 Å². The van der Waals surface area contributed by atoms with Crippen molar-refractivity contribution in [1.29, 1.82) is 0 Å². The van der Waals surface area contributed by atoms with Gasteiger partial charge in [-0.2, -0.15) is 0 Å². The van der Waals surface area contributed by atoms with Gasteiger partial charge in [-0.1, -0.05) is 18.2 Å². The quantitative estimate of drug-likeness (QED) is 0.280. The molecule has 0 aromatic heterocycles. The molecular formula is C26H22BrNO5. The number of ether oxygens (including phenoxy) is 1. The topological polar surface area (TPSA) is 87.1 Å². The van der Waals surface area contributed by atoms with Gasteiger partial charge in [-0.05, 0) is 88.9 Å². The van der Waals surface area contributed by atoms with Crippen molar-refractivity contribution < 1.29 is 24.5 Å². The molecule has 4 rings (SSSR count). The molecule has 0 bridgehead atoms. The number of aryl methyl sites for hydroxylation is 2. The summed E-state index contributed by atoms with van der Waals surface area (Å²) in [4.78, 5) is 27.8. The SMILES string of the molecule is COc1ccc(/C(O)=C2\C(=O)C(=O)N(c3ccc(C)c(C)c3)C2c2ccc(O)cc2)cc1Br. The molecule has 1 saturated heterocycles. The summed E-state index contributed by atoms with van der Waals surface area (Å²) in [5, 5.41) is 21.0. The monoisotopic (exact) mass is 507 g/mol. The first-order chi connectivity index (χ1) is 15.7. The van der Waals surface area contributed by atoms with Crippen LogP contribution in [0.25, 0.3) is 5.76 Å². The average molecular weight is 508 g/mol. The van der Waals surface area contributed by atoms with Gasteiger partial charge in [-0.15, -0.1) is 0 Å². The lowest BCUT2D eigenvalue weighted by Gasteiger charge is -2.26. The van der Waals surface area contributed by atoms with Gasteiger partial charge in [0.1, 0.15) is 17.3 Å². The molecule has 168 valence electrons. The lowest BCUT2D eigenvalue weighted by atomic mass is 9.95. The average Bonchev–Trinajstić information content (AvgIpc) is 3.06. The van der Waals surface area contributed by atoms with Crippen LogP contribution in [-0.2, 0) is 9.59 Å². The van der Waals surface area contributed by atoms with Crippen LogP contribution in [0.4, 0.5) is 5.69 Å². The van der Waals surface area contributed by atoms with E-state index in [9.17, 15) is 19.8 Å². The van der Waals surface area contributed by atoms with Crippen LogP contribution in [-0.4, -0.2) is 29.0 Å². The molecule has 2 N–H and O–H groups in total. The zero-order chi connectivity index (χ0) is 23.9. The zero-order valence-electron chi connectivity index (χ0n) is 18.3. The Bertz CT molecular complexity index is 1300. The number of aliphatic hydroxyl groups is 1. The number of methoxy groups -OCH3 is 1. The molecule has 0 radical (unpaired) electrons. The molecule has 1 atom stereocenters. The molecular weight excluding hydrogens is 486 g/mol. The third-order valence-corrected chi connectivity index (χ3v) is 6.47. The molecule has 3 aromatic carbocycles. The summed E-state index contributed by atoms with van der Waals surface area (Å²) in [5.74, 6) is -1.18.